The van der Waals surface area contributed by atoms with Gasteiger partial charge in [-0.25, -0.2) is 0 Å². The van der Waals surface area contributed by atoms with Crippen molar-refractivity contribution in [2.75, 3.05) is 5.73 Å². The van der Waals surface area contributed by atoms with Crippen LogP contribution in [0.2, 0.25) is 0 Å². The van der Waals surface area contributed by atoms with E-state index >= 15 is 0 Å². The summed E-state index contributed by atoms with van der Waals surface area (Å²) < 4.78 is 0. The van der Waals surface area contributed by atoms with E-state index in [9.17, 15) is 4.79 Å². The number of nitrogens with zero attached hydrogens (tertiary/aromatic N) is 1. The second kappa shape index (κ2) is 3.83. The number of pyridine rings is 2. The van der Waals surface area contributed by atoms with Crippen molar-refractivity contribution in [1.82, 2.24) is 9.97 Å². The molecule has 1 aliphatic carbocycles. The molecule has 4 nitrogen and oxygen atoms in total. The van der Waals surface area contributed by atoms with Gasteiger partial charge in [-0.15, -0.1) is 0 Å². The molecule has 18 heavy (non-hydrogen) atoms. The highest BCUT2D eigenvalue weighted by Crippen LogP contribution is 2.29. The summed E-state index contributed by atoms with van der Waals surface area (Å²) in [5.41, 5.74) is 11.0. The maximum atomic E-state index is 11.9. The SMILES string of the molecule is CC(C)c1c(N)c(=O)[nH]c2cc3c(nc12)CCC3. The molecule has 4 heteroatoms. The fraction of sp³-hybridized carbons (Fsp3) is 0.429. The lowest BCUT2D eigenvalue weighted by Gasteiger charge is -2.13. The summed E-state index contributed by atoms with van der Waals surface area (Å²) >= 11 is 0. The molecule has 0 radical (unpaired) electrons. The zero-order valence-corrected chi connectivity index (χ0v) is 10.7. The van der Waals surface area contributed by atoms with Gasteiger partial charge in [0.25, 0.3) is 5.56 Å². The van der Waals surface area contributed by atoms with Gasteiger partial charge in [0.15, 0.2) is 0 Å². The molecular weight excluding hydrogens is 226 g/mol. The highest BCUT2D eigenvalue weighted by atomic mass is 16.1. The molecule has 0 unspecified atom stereocenters. The third-order valence-electron chi connectivity index (χ3n) is 3.67. The lowest BCUT2D eigenvalue weighted by molar-refractivity contribution is 0.868. The van der Waals surface area contributed by atoms with E-state index in [2.05, 4.69) is 11.1 Å². The van der Waals surface area contributed by atoms with Gasteiger partial charge in [0.2, 0.25) is 0 Å². The fourth-order valence-corrected chi connectivity index (χ4v) is 2.80. The Morgan fingerprint density at radius 2 is 2.17 bits per heavy atom. The minimum atomic E-state index is -0.203. The summed E-state index contributed by atoms with van der Waals surface area (Å²) in [6.45, 7) is 4.08. The van der Waals surface area contributed by atoms with E-state index in [-0.39, 0.29) is 11.5 Å². The van der Waals surface area contributed by atoms with E-state index in [0.717, 1.165) is 41.6 Å². The van der Waals surface area contributed by atoms with Gasteiger partial charge in [-0.3, -0.25) is 9.78 Å². The number of aromatic nitrogens is 2. The topological polar surface area (TPSA) is 71.8 Å². The fourth-order valence-electron chi connectivity index (χ4n) is 2.80. The van der Waals surface area contributed by atoms with E-state index in [1.165, 1.54) is 5.56 Å². The molecule has 0 bridgehead atoms. The molecule has 2 heterocycles. The van der Waals surface area contributed by atoms with Crippen LogP contribution in [0.1, 0.15) is 43.0 Å². The molecule has 0 fully saturated rings. The third kappa shape index (κ3) is 1.52. The summed E-state index contributed by atoms with van der Waals surface area (Å²) in [4.78, 5) is 19.4. The second-order valence-electron chi connectivity index (χ2n) is 5.28. The zero-order chi connectivity index (χ0) is 12.9. The molecule has 0 saturated heterocycles. The quantitative estimate of drug-likeness (QED) is 0.805. The van der Waals surface area contributed by atoms with Crippen molar-refractivity contribution in [1.29, 1.82) is 0 Å². The van der Waals surface area contributed by atoms with Crippen molar-refractivity contribution >= 4 is 16.7 Å². The Hall–Kier alpha value is -1.84. The van der Waals surface area contributed by atoms with Gasteiger partial charge in [-0.2, -0.15) is 0 Å². The lowest BCUT2D eigenvalue weighted by atomic mass is 9.99. The first-order valence-electron chi connectivity index (χ1n) is 6.42. The molecule has 2 aromatic heterocycles. The third-order valence-corrected chi connectivity index (χ3v) is 3.67. The van der Waals surface area contributed by atoms with E-state index in [1.54, 1.807) is 0 Å². The van der Waals surface area contributed by atoms with Gasteiger partial charge in [-0.05, 0) is 36.8 Å². The molecule has 0 atom stereocenters. The molecule has 0 saturated carbocycles. The van der Waals surface area contributed by atoms with E-state index in [0.29, 0.717) is 5.69 Å². The number of H-pyrrole nitrogens is 1. The maximum Gasteiger partial charge on any atom is 0.271 e. The Morgan fingerprint density at radius 3 is 2.89 bits per heavy atom. The van der Waals surface area contributed by atoms with E-state index in [1.807, 2.05) is 13.8 Å². The number of hydrogen-bond donors (Lipinski definition) is 2. The number of aromatic amines is 1. The minimum Gasteiger partial charge on any atom is -0.394 e. The Balaban J connectivity index is 2.43. The van der Waals surface area contributed by atoms with Crippen LogP contribution in [-0.2, 0) is 12.8 Å². The lowest BCUT2D eigenvalue weighted by Crippen LogP contribution is -2.16. The monoisotopic (exact) mass is 243 g/mol. The number of nitrogen functional groups attached to an aromatic ring is 1. The standard InChI is InChI=1S/C14H17N3O/c1-7(2)11-12(15)14(18)17-10-6-8-4-3-5-9(8)16-13(10)11/h6-7H,3-5,15H2,1-2H3,(H,17,18). The van der Waals surface area contributed by atoms with Crippen LogP contribution in [0.5, 0.6) is 0 Å². The predicted octanol–water partition coefficient (Wildman–Crippen LogP) is 2.12. The van der Waals surface area contributed by atoms with Gasteiger partial charge in [0, 0.05) is 11.3 Å². The largest absolute Gasteiger partial charge is 0.394 e. The van der Waals surface area contributed by atoms with E-state index < -0.39 is 0 Å². The molecule has 3 rings (SSSR count). The van der Waals surface area contributed by atoms with Gasteiger partial charge < -0.3 is 10.7 Å². The predicted molar refractivity (Wildman–Crippen MR) is 72.9 cm³/mol. The van der Waals surface area contributed by atoms with Crippen LogP contribution in [0.15, 0.2) is 10.9 Å². The van der Waals surface area contributed by atoms with Crippen molar-refractivity contribution in [3.05, 3.63) is 33.2 Å². The molecule has 2 aromatic rings. The Labute approximate surface area is 105 Å². The van der Waals surface area contributed by atoms with Gasteiger partial charge in [0.05, 0.1) is 11.0 Å². The normalized spacial score (nSPS) is 14.4. The smallest absolute Gasteiger partial charge is 0.271 e. The highest BCUT2D eigenvalue weighted by molar-refractivity contribution is 5.83. The minimum absolute atomic E-state index is 0.196. The molecule has 1 aliphatic rings. The first-order valence-corrected chi connectivity index (χ1v) is 6.42. The number of fused-ring (bicyclic) bond motifs is 2. The van der Waals surface area contributed by atoms with Crippen molar-refractivity contribution in [2.24, 2.45) is 0 Å². The first kappa shape index (κ1) is 11.3. The van der Waals surface area contributed by atoms with Gasteiger partial charge in [0.1, 0.15) is 5.69 Å². The summed E-state index contributed by atoms with van der Waals surface area (Å²) in [6, 6.07) is 2.07. The van der Waals surface area contributed by atoms with Gasteiger partial charge >= 0.3 is 0 Å². The molecule has 94 valence electrons. The summed E-state index contributed by atoms with van der Waals surface area (Å²) in [5.74, 6) is 0.196. The number of anilines is 1. The number of rotatable bonds is 1. The zero-order valence-electron chi connectivity index (χ0n) is 10.7. The number of hydrogen-bond acceptors (Lipinski definition) is 3. The van der Waals surface area contributed by atoms with E-state index in [4.69, 9.17) is 10.7 Å². The summed E-state index contributed by atoms with van der Waals surface area (Å²) in [6.07, 6.45) is 3.24. The van der Waals surface area contributed by atoms with Gasteiger partial charge in [-0.1, -0.05) is 13.8 Å². The van der Waals surface area contributed by atoms with Crippen LogP contribution < -0.4 is 11.3 Å². The van der Waals surface area contributed by atoms with Crippen LogP contribution in [-0.4, -0.2) is 9.97 Å². The average molecular weight is 243 g/mol. The van der Waals surface area contributed by atoms with Crippen LogP contribution in [0.4, 0.5) is 5.69 Å². The van der Waals surface area contributed by atoms with Crippen molar-refractivity contribution in [3.63, 3.8) is 0 Å². The Morgan fingerprint density at radius 1 is 1.39 bits per heavy atom. The molecular formula is C14H17N3O. The summed E-state index contributed by atoms with van der Waals surface area (Å²) in [5, 5.41) is 0. The van der Waals surface area contributed by atoms with Crippen molar-refractivity contribution in [3.8, 4) is 0 Å². The average Bonchev–Trinajstić information content (AvgIpc) is 2.74. The number of nitrogens with two attached hydrogens (primary N) is 1. The molecule has 0 aromatic carbocycles. The van der Waals surface area contributed by atoms with Crippen molar-refractivity contribution < 1.29 is 0 Å². The van der Waals surface area contributed by atoms with Crippen LogP contribution in [0, 0.1) is 0 Å². The summed E-state index contributed by atoms with van der Waals surface area (Å²) in [7, 11) is 0. The number of aryl methyl sites for hydroxylation is 2. The Kier molecular flexibility index (Phi) is 2.40. The molecule has 3 N–H and O–H groups in total. The molecule has 0 aliphatic heterocycles. The highest BCUT2D eigenvalue weighted by Gasteiger charge is 2.19. The van der Waals surface area contributed by atoms with Crippen molar-refractivity contribution in [2.45, 2.75) is 39.0 Å². The molecule has 0 amide bonds. The Bertz CT molecular complexity index is 685. The second-order valence-corrected chi connectivity index (χ2v) is 5.28. The van der Waals surface area contributed by atoms with Crippen LogP contribution >= 0.6 is 0 Å². The first-order chi connectivity index (χ1) is 8.58. The van der Waals surface area contributed by atoms with Crippen LogP contribution in [0.25, 0.3) is 11.0 Å². The number of nitrogens with one attached hydrogen (secondary N) is 1. The maximum absolute atomic E-state index is 11.9. The molecule has 0 spiro atoms. The van der Waals surface area contributed by atoms with Crippen LogP contribution in [0.3, 0.4) is 0 Å².